The van der Waals surface area contributed by atoms with Crippen LogP contribution in [0.3, 0.4) is 0 Å². The molecule has 0 atom stereocenters. The minimum atomic E-state index is 0.681. The highest BCUT2D eigenvalue weighted by Gasteiger charge is 1.96. The number of halogens is 2. The Labute approximate surface area is 95.5 Å². The van der Waals surface area contributed by atoms with E-state index in [0.29, 0.717) is 10.0 Å². The van der Waals surface area contributed by atoms with Crippen LogP contribution < -0.4 is 0 Å². The van der Waals surface area contributed by atoms with E-state index < -0.39 is 0 Å². The molecule has 1 aromatic rings. The van der Waals surface area contributed by atoms with E-state index in [9.17, 15) is 0 Å². The van der Waals surface area contributed by atoms with Crippen molar-refractivity contribution in [2.75, 3.05) is 0 Å². The Kier molecular flexibility index (Phi) is 5.06. The van der Waals surface area contributed by atoms with E-state index in [0.717, 1.165) is 12.0 Å². The van der Waals surface area contributed by atoms with Gasteiger partial charge in [0.05, 0.1) is 0 Å². The second-order valence-corrected chi connectivity index (χ2v) is 4.05. The highest BCUT2D eigenvalue weighted by molar-refractivity contribution is 6.35. The molecule has 0 unspecified atom stereocenters. The molecule has 1 rings (SSSR count). The molecule has 0 aliphatic heterocycles. The lowest BCUT2D eigenvalue weighted by Crippen LogP contribution is -1.75. The maximum atomic E-state index is 6.01. The number of hydrogen-bond donors (Lipinski definition) is 0. The van der Waals surface area contributed by atoms with Gasteiger partial charge in [-0.15, -0.1) is 0 Å². The van der Waals surface area contributed by atoms with Gasteiger partial charge in [0.2, 0.25) is 0 Å². The fraction of sp³-hybridized carbons (Fsp3) is 0.333. The van der Waals surface area contributed by atoms with Crippen LogP contribution in [0.2, 0.25) is 10.0 Å². The largest absolute Gasteiger partial charge is 0.0843 e. The fourth-order valence-corrected chi connectivity index (χ4v) is 1.64. The SMILES string of the molecule is CCCC/C=C/c1ccc(Cl)cc1Cl. The topological polar surface area (TPSA) is 0 Å². The Bertz CT molecular complexity index is 316. The van der Waals surface area contributed by atoms with Crippen LogP contribution in [0, 0.1) is 0 Å². The van der Waals surface area contributed by atoms with Gasteiger partial charge in [-0.25, -0.2) is 0 Å². The first-order valence-electron chi connectivity index (χ1n) is 4.85. The predicted molar refractivity (Wildman–Crippen MR) is 65.0 cm³/mol. The average molecular weight is 229 g/mol. The third kappa shape index (κ3) is 3.73. The molecule has 1 aromatic carbocycles. The number of allylic oxidation sites excluding steroid dienone is 1. The van der Waals surface area contributed by atoms with Gasteiger partial charge in [0, 0.05) is 10.0 Å². The third-order valence-electron chi connectivity index (χ3n) is 1.98. The molecule has 0 aliphatic rings. The predicted octanol–water partition coefficient (Wildman–Crippen LogP) is 5.20. The van der Waals surface area contributed by atoms with Crippen molar-refractivity contribution in [1.29, 1.82) is 0 Å². The van der Waals surface area contributed by atoms with Crippen molar-refractivity contribution in [1.82, 2.24) is 0 Å². The van der Waals surface area contributed by atoms with E-state index in [-0.39, 0.29) is 0 Å². The van der Waals surface area contributed by atoms with Crippen molar-refractivity contribution in [3.05, 3.63) is 39.9 Å². The van der Waals surface area contributed by atoms with Crippen LogP contribution in [0.1, 0.15) is 31.7 Å². The third-order valence-corrected chi connectivity index (χ3v) is 2.55. The van der Waals surface area contributed by atoms with Crippen molar-refractivity contribution in [3.63, 3.8) is 0 Å². The molecule has 0 radical (unpaired) electrons. The molecule has 0 spiro atoms. The smallest absolute Gasteiger partial charge is 0.0493 e. The molecule has 0 saturated carbocycles. The van der Waals surface area contributed by atoms with Crippen LogP contribution in [-0.4, -0.2) is 0 Å². The van der Waals surface area contributed by atoms with Gasteiger partial charge in [-0.05, 0) is 24.1 Å². The first kappa shape index (κ1) is 11.6. The Morgan fingerprint density at radius 2 is 2.07 bits per heavy atom. The van der Waals surface area contributed by atoms with Crippen molar-refractivity contribution in [3.8, 4) is 0 Å². The quantitative estimate of drug-likeness (QED) is 0.622. The van der Waals surface area contributed by atoms with Crippen molar-refractivity contribution < 1.29 is 0 Å². The molecule has 0 heterocycles. The maximum Gasteiger partial charge on any atom is 0.0493 e. The Balaban J connectivity index is 2.62. The molecule has 0 bridgehead atoms. The Morgan fingerprint density at radius 1 is 1.29 bits per heavy atom. The molecule has 0 saturated heterocycles. The first-order chi connectivity index (χ1) is 6.74. The summed E-state index contributed by atoms with van der Waals surface area (Å²) in [5.41, 5.74) is 1.03. The minimum Gasteiger partial charge on any atom is -0.0843 e. The highest BCUT2D eigenvalue weighted by Crippen LogP contribution is 2.22. The summed E-state index contributed by atoms with van der Waals surface area (Å²) in [6.45, 7) is 2.18. The van der Waals surface area contributed by atoms with Gasteiger partial charge in [0.15, 0.2) is 0 Å². The van der Waals surface area contributed by atoms with E-state index in [1.165, 1.54) is 12.8 Å². The number of unbranched alkanes of at least 4 members (excludes halogenated alkanes) is 2. The maximum absolute atomic E-state index is 6.01. The van der Waals surface area contributed by atoms with E-state index in [2.05, 4.69) is 13.0 Å². The molecule has 0 N–H and O–H groups in total. The lowest BCUT2D eigenvalue weighted by Gasteiger charge is -1.98. The zero-order chi connectivity index (χ0) is 10.4. The van der Waals surface area contributed by atoms with Crippen LogP contribution in [0.5, 0.6) is 0 Å². The second kappa shape index (κ2) is 6.10. The van der Waals surface area contributed by atoms with Crippen LogP contribution in [-0.2, 0) is 0 Å². The molecular weight excluding hydrogens is 215 g/mol. The summed E-state index contributed by atoms with van der Waals surface area (Å²) in [5, 5.41) is 1.39. The van der Waals surface area contributed by atoms with Crippen LogP contribution in [0.15, 0.2) is 24.3 Å². The van der Waals surface area contributed by atoms with Gasteiger partial charge in [0.25, 0.3) is 0 Å². The summed E-state index contributed by atoms with van der Waals surface area (Å²) < 4.78 is 0. The Hall–Kier alpha value is -0.460. The molecule has 2 heteroatoms. The van der Waals surface area contributed by atoms with E-state index in [1.54, 1.807) is 6.07 Å². The van der Waals surface area contributed by atoms with Crippen molar-refractivity contribution in [2.24, 2.45) is 0 Å². The first-order valence-corrected chi connectivity index (χ1v) is 5.61. The molecule has 0 aliphatic carbocycles. The molecule has 14 heavy (non-hydrogen) atoms. The molecule has 0 aromatic heterocycles. The summed E-state index contributed by atoms with van der Waals surface area (Å²) in [7, 11) is 0. The normalized spacial score (nSPS) is 11.1. The summed E-state index contributed by atoms with van der Waals surface area (Å²) in [6.07, 6.45) is 7.75. The van der Waals surface area contributed by atoms with Gasteiger partial charge in [-0.2, -0.15) is 0 Å². The highest BCUT2D eigenvalue weighted by atomic mass is 35.5. The van der Waals surface area contributed by atoms with Crippen LogP contribution >= 0.6 is 23.2 Å². The minimum absolute atomic E-state index is 0.681. The van der Waals surface area contributed by atoms with E-state index >= 15 is 0 Å². The van der Waals surface area contributed by atoms with Crippen molar-refractivity contribution in [2.45, 2.75) is 26.2 Å². The van der Waals surface area contributed by atoms with Crippen LogP contribution in [0.25, 0.3) is 6.08 Å². The van der Waals surface area contributed by atoms with E-state index in [1.807, 2.05) is 18.2 Å². The van der Waals surface area contributed by atoms with Gasteiger partial charge in [-0.1, -0.05) is 61.2 Å². The van der Waals surface area contributed by atoms with Gasteiger partial charge >= 0.3 is 0 Å². The molecule has 76 valence electrons. The zero-order valence-corrected chi connectivity index (χ0v) is 9.78. The fourth-order valence-electron chi connectivity index (χ4n) is 1.17. The molecule has 0 fully saturated rings. The number of rotatable bonds is 4. The number of hydrogen-bond acceptors (Lipinski definition) is 0. The molecule has 0 amide bonds. The molecular formula is C12H14Cl2. The zero-order valence-electron chi connectivity index (χ0n) is 8.26. The summed E-state index contributed by atoms with van der Waals surface area (Å²) in [4.78, 5) is 0. The van der Waals surface area contributed by atoms with Gasteiger partial charge in [-0.3, -0.25) is 0 Å². The summed E-state index contributed by atoms with van der Waals surface area (Å²) >= 11 is 11.8. The van der Waals surface area contributed by atoms with Crippen molar-refractivity contribution >= 4 is 29.3 Å². The van der Waals surface area contributed by atoms with Crippen LogP contribution in [0.4, 0.5) is 0 Å². The van der Waals surface area contributed by atoms with Gasteiger partial charge in [0.1, 0.15) is 0 Å². The second-order valence-electron chi connectivity index (χ2n) is 3.21. The lowest BCUT2D eigenvalue weighted by molar-refractivity contribution is 0.816. The lowest BCUT2D eigenvalue weighted by atomic mass is 10.1. The van der Waals surface area contributed by atoms with Gasteiger partial charge < -0.3 is 0 Å². The Morgan fingerprint density at radius 3 is 2.71 bits per heavy atom. The van der Waals surface area contributed by atoms with E-state index in [4.69, 9.17) is 23.2 Å². The standard InChI is InChI=1S/C12H14Cl2/c1-2-3-4-5-6-10-7-8-11(13)9-12(10)14/h5-9H,2-4H2,1H3/b6-5+. The monoisotopic (exact) mass is 228 g/mol. The summed E-state index contributed by atoms with van der Waals surface area (Å²) in [5.74, 6) is 0. The number of benzene rings is 1. The summed E-state index contributed by atoms with van der Waals surface area (Å²) in [6, 6.07) is 5.56. The average Bonchev–Trinajstić information content (AvgIpc) is 2.15. The molecule has 0 nitrogen and oxygen atoms in total.